The fourth-order valence-corrected chi connectivity index (χ4v) is 2.48. The zero-order valence-electron chi connectivity index (χ0n) is 10.2. The Bertz CT molecular complexity index is 318. The van der Waals surface area contributed by atoms with Crippen molar-refractivity contribution >= 4 is 5.69 Å². The van der Waals surface area contributed by atoms with Crippen LogP contribution in [0.25, 0.3) is 0 Å². The zero-order valence-corrected chi connectivity index (χ0v) is 10.2. The van der Waals surface area contributed by atoms with Crippen LogP contribution in [-0.4, -0.2) is 12.6 Å². The van der Waals surface area contributed by atoms with Gasteiger partial charge in [-0.25, -0.2) is 0 Å². The maximum atomic E-state index is 5.62. The molecule has 1 aliphatic rings. The summed E-state index contributed by atoms with van der Waals surface area (Å²) in [5.41, 5.74) is 8.18. The van der Waals surface area contributed by atoms with Gasteiger partial charge in [-0.1, -0.05) is 25.0 Å². The molecule has 1 fully saturated rings. The van der Waals surface area contributed by atoms with Gasteiger partial charge in [0.2, 0.25) is 0 Å². The highest BCUT2D eigenvalue weighted by Crippen LogP contribution is 2.24. The predicted molar refractivity (Wildman–Crippen MR) is 69.6 cm³/mol. The van der Waals surface area contributed by atoms with E-state index in [0.29, 0.717) is 12.6 Å². The van der Waals surface area contributed by atoms with Crippen LogP contribution in [0.2, 0.25) is 0 Å². The molecule has 2 N–H and O–H groups in total. The van der Waals surface area contributed by atoms with Crippen molar-refractivity contribution in [3.05, 3.63) is 29.8 Å². The molecule has 1 aromatic carbocycles. The third kappa shape index (κ3) is 2.56. The Kier molecular flexibility index (Phi) is 3.83. The Morgan fingerprint density at radius 3 is 2.62 bits per heavy atom. The third-order valence-electron chi connectivity index (χ3n) is 3.56. The van der Waals surface area contributed by atoms with E-state index in [1.165, 1.54) is 43.5 Å². The molecule has 0 bridgehead atoms. The van der Waals surface area contributed by atoms with Crippen LogP contribution in [0.15, 0.2) is 24.3 Å². The highest BCUT2D eigenvalue weighted by Gasteiger charge is 2.16. The molecule has 2 rings (SSSR count). The SMILES string of the molecule is CC1CCCCCN1c1ccc(CN)cc1. The molecule has 88 valence electrons. The first kappa shape index (κ1) is 11.5. The fraction of sp³-hybridized carbons (Fsp3) is 0.571. The normalized spacial score (nSPS) is 21.9. The maximum Gasteiger partial charge on any atom is 0.0368 e. The number of nitrogens with zero attached hydrogens (tertiary/aromatic N) is 1. The topological polar surface area (TPSA) is 29.3 Å². The molecular formula is C14H22N2. The van der Waals surface area contributed by atoms with Gasteiger partial charge in [-0.05, 0) is 37.5 Å². The second-order valence-corrected chi connectivity index (χ2v) is 4.76. The Balaban J connectivity index is 2.14. The van der Waals surface area contributed by atoms with Gasteiger partial charge >= 0.3 is 0 Å². The highest BCUT2D eigenvalue weighted by molar-refractivity contribution is 5.48. The highest BCUT2D eigenvalue weighted by atomic mass is 15.2. The van der Waals surface area contributed by atoms with Crippen molar-refractivity contribution in [1.82, 2.24) is 0 Å². The lowest BCUT2D eigenvalue weighted by molar-refractivity contribution is 0.616. The van der Waals surface area contributed by atoms with Crippen LogP contribution in [0.1, 0.15) is 38.2 Å². The van der Waals surface area contributed by atoms with Gasteiger partial charge in [-0.3, -0.25) is 0 Å². The van der Waals surface area contributed by atoms with Crippen molar-refractivity contribution in [2.24, 2.45) is 5.73 Å². The van der Waals surface area contributed by atoms with Crippen molar-refractivity contribution < 1.29 is 0 Å². The summed E-state index contributed by atoms with van der Waals surface area (Å²) in [6.45, 7) is 4.17. The first-order valence-corrected chi connectivity index (χ1v) is 6.37. The molecule has 0 saturated carbocycles. The predicted octanol–water partition coefficient (Wildman–Crippen LogP) is 2.91. The summed E-state index contributed by atoms with van der Waals surface area (Å²) in [5.74, 6) is 0. The molecule has 1 unspecified atom stereocenters. The average Bonchev–Trinajstić information content (AvgIpc) is 2.54. The van der Waals surface area contributed by atoms with Crippen molar-refractivity contribution in [3.8, 4) is 0 Å². The van der Waals surface area contributed by atoms with E-state index in [1.807, 2.05) is 0 Å². The fourth-order valence-electron chi connectivity index (χ4n) is 2.48. The monoisotopic (exact) mass is 218 g/mol. The molecule has 16 heavy (non-hydrogen) atoms. The smallest absolute Gasteiger partial charge is 0.0368 e. The molecule has 2 heteroatoms. The van der Waals surface area contributed by atoms with Gasteiger partial charge in [0.05, 0.1) is 0 Å². The van der Waals surface area contributed by atoms with Crippen LogP contribution >= 0.6 is 0 Å². The summed E-state index contributed by atoms with van der Waals surface area (Å²) in [5, 5.41) is 0. The van der Waals surface area contributed by atoms with Crippen LogP contribution in [0.3, 0.4) is 0 Å². The zero-order chi connectivity index (χ0) is 11.4. The first-order valence-electron chi connectivity index (χ1n) is 6.37. The molecule has 1 aromatic rings. The van der Waals surface area contributed by atoms with Crippen molar-refractivity contribution in [3.63, 3.8) is 0 Å². The number of benzene rings is 1. The van der Waals surface area contributed by atoms with Gasteiger partial charge in [-0.2, -0.15) is 0 Å². The number of anilines is 1. The van der Waals surface area contributed by atoms with E-state index in [-0.39, 0.29) is 0 Å². The quantitative estimate of drug-likeness (QED) is 0.827. The lowest BCUT2D eigenvalue weighted by Gasteiger charge is -2.29. The molecule has 0 aliphatic carbocycles. The van der Waals surface area contributed by atoms with Gasteiger partial charge in [0.1, 0.15) is 0 Å². The molecule has 1 atom stereocenters. The standard InChI is InChI=1S/C14H22N2/c1-12-5-3-2-4-10-16(12)14-8-6-13(11-15)7-9-14/h6-9,12H,2-5,10-11,15H2,1H3. The summed E-state index contributed by atoms with van der Waals surface area (Å²) >= 11 is 0. The number of hydrogen-bond acceptors (Lipinski definition) is 2. The molecule has 1 saturated heterocycles. The molecule has 1 aliphatic heterocycles. The van der Waals surface area contributed by atoms with E-state index in [4.69, 9.17) is 5.73 Å². The van der Waals surface area contributed by atoms with Crippen LogP contribution in [0.4, 0.5) is 5.69 Å². The van der Waals surface area contributed by atoms with Gasteiger partial charge in [0.15, 0.2) is 0 Å². The Labute approximate surface area is 98.4 Å². The summed E-state index contributed by atoms with van der Waals surface area (Å²) in [4.78, 5) is 2.54. The second kappa shape index (κ2) is 5.35. The van der Waals surface area contributed by atoms with Gasteiger partial charge in [-0.15, -0.1) is 0 Å². The minimum Gasteiger partial charge on any atom is -0.369 e. The number of rotatable bonds is 2. The van der Waals surface area contributed by atoms with Crippen LogP contribution in [0, 0.1) is 0 Å². The van der Waals surface area contributed by atoms with E-state index in [9.17, 15) is 0 Å². The summed E-state index contributed by atoms with van der Waals surface area (Å²) < 4.78 is 0. The molecule has 2 nitrogen and oxygen atoms in total. The number of nitrogens with two attached hydrogens (primary N) is 1. The summed E-state index contributed by atoms with van der Waals surface area (Å²) in [6, 6.07) is 9.39. The second-order valence-electron chi connectivity index (χ2n) is 4.76. The largest absolute Gasteiger partial charge is 0.369 e. The van der Waals surface area contributed by atoms with Crippen LogP contribution in [-0.2, 0) is 6.54 Å². The summed E-state index contributed by atoms with van der Waals surface area (Å²) in [6.07, 6.45) is 5.39. The Hall–Kier alpha value is -1.02. The lowest BCUT2D eigenvalue weighted by Crippen LogP contribution is -2.32. The van der Waals surface area contributed by atoms with Gasteiger partial charge in [0, 0.05) is 24.8 Å². The maximum absolute atomic E-state index is 5.62. The van der Waals surface area contributed by atoms with E-state index < -0.39 is 0 Å². The third-order valence-corrected chi connectivity index (χ3v) is 3.56. The van der Waals surface area contributed by atoms with Crippen LogP contribution < -0.4 is 10.6 Å². The van der Waals surface area contributed by atoms with E-state index in [1.54, 1.807) is 0 Å². The average molecular weight is 218 g/mol. The minimum atomic E-state index is 0.635. The van der Waals surface area contributed by atoms with Crippen LogP contribution in [0.5, 0.6) is 0 Å². The van der Waals surface area contributed by atoms with E-state index >= 15 is 0 Å². The molecule has 0 aromatic heterocycles. The minimum absolute atomic E-state index is 0.635. The molecule has 0 radical (unpaired) electrons. The molecule has 1 heterocycles. The Morgan fingerprint density at radius 1 is 1.19 bits per heavy atom. The van der Waals surface area contributed by atoms with Gasteiger partial charge in [0.25, 0.3) is 0 Å². The molecule has 0 spiro atoms. The van der Waals surface area contributed by atoms with Gasteiger partial charge < -0.3 is 10.6 Å². The van der Waals surface area contributed by atoms with Crippen molar-refractivity contribution in [2.75, 3.05) is 11.4 Å². The lowest BCUT2D eigenvalue weighted by atomic mass is 10.1. The van der Waals surface area contributed by atoms with E-state index in [0.717, 1.165) is 0 Å². The van der Waals surface area contributed by atoms with Crippen molar-refractivity contribution in [2.45, 2.75) is 45.2 Å². The van der Waals surface area contributed by atoms with E-state index in [2.05, 4.69) is 36.1 Å². The first-order chi connectivity index (χ1) is 7.81. The van der Waals surface area contributed by atoms with Crippen molar-refractivity contribution in [1.29, 1.82) is 0 Å². The Morgan fingerprint density at radius 2 is 1.94 bits per heavy atom. The summed E-state index contributed by atoms with van der Waals surface area (Å²) in [7, 11) is 0. The molecule has 0 amide bonds. The molecular weight excluding hydrogens is 196 g/mol. The number of hydrogen-bond donors (Lipinski definition) is 1.